The van der Waals surface area contributed by atoms with Gasteiger partial charge in [-0.15, -0.1) is 0 Å². The lowest BCUT2D eigenvalue weighted by molar-refractivity contribution is -0.137. The second kappa shape index (κ2) is 4.07. The van der Waals surface area contributed by atoms with Gasteiger partial charge in [0, 0.05) is 0 Å². The summed E-state index contributed by atoms with van der Waals surface area (Å²) in [6.07, 6.45) is -4.29. The highest BCUT2D eigenvalue weighted by Gasteiger charge is 2.32. The Morgan fingerprint density at radius 3 is 2.75 bits per heavy atom. The average Bonchev–Trinajstić information content (AvgIpc) is 2.26. The quantitative estimate of drug-likeness (QED) is 0.801. The van der Waals surface area contributed by atoms with Crippen LogP contribution in [0.3, 0.4) is 0 Å². The van der Waals surface area contributed by atoms with Gasteiger partial charge < -0.3 is 10.1 Å². The van der Waals surface area contributed by atoms with Crippen molar-refractivity contribution in [3.63, 3.8) is 0 Å². The van der Waals surface area contributed by atoms with E-state index in [4.69, 9.17) is 4.74 Å². The van der Waals surface area contributed by atoms with Crippen molar-refractivity contribution in [2.75, 3.05) is 13.7 Å². The highest BCUT2D eigenvalue weighted by atomic mass is 19.4. The Balaban J connectivity index is 2.39. The third kappa shape index (κ3) is 2.05. The van der Waals surface area contributed by atoms with E-state index in [-0.39, 0.29) is 12.6 Å². The molecule has 1 atom stereocenters. The van der Waals surface area contributed by atoms with Gasteiger partial charge in [0.2, 0.25) is 0 Å². The lowest BCUT2D eigenvalue weighted by Crippen LogP contribution is -2.27. The summed E-state index contributed by atoms with van der Waals surface area (Å²) in [5.74, 6) is 0. The van der Waals surface area contributed by atoms with E-state index >= 15 is 0 Å². The number of likely N-dealkylation sites (N-methyl/N-ethyl adjacent to an activating group) is 1. The summed E-state index contributed by atoms with van der Waals surface area (Å²) in [5, 5.41) is 3.01. The molecule has 16 heavy (non-hydrogen) atoms. The standard InChI is InChI=1S/C11H12F3NO/c1-15-10-6-16-5-7-4-8(11(12,13)14)2-3-9(7)10/h2-4,10,15H,5-6H2,1H3/t10-/m0/s1. The van der Waals surface area contributed by atoms with E-state index in [1.807, 2.05) is 0 Å². The van der Waals surface area contributed by atoms with Crippen molar-refractivity contribution in [3.8, 4) is 0 Å². The molecule has 1 aliphatic heterocycles. The molecule has 0 unspecified atom stereocenters. The molecule has 0 aliphatic carbocycles. The molecule has 88 valence electrons. The molecule has 0 saturated heterocycles. The predicted octanol–water partition coefficient (Wildman–Crippen LogP) is 2.50. The lowest BCUT2D eigenvalue weighted by atomic mass is 9.97. The smallest absolute Gasteiger partial charge is 0.375 e. The molecule has 1 aromatic carbocycles. The molecule has 0 saturated carbocycles. The summed E-state index contributed by atoms with van der Waals surface area (Å²) >= 11 is 0. The van der Waals surface area contributed by atoms with Gasteiger partial charge in [-0.25, -0.2) is 0 Å². The van der Waals surface area contributed by atoms with Crippen LogP contribution in [0.1, 0.15) is 22.7 Å². The molecule has 1 aliphatic rings. The number of fused-ring (bicyclic) bond motifs is 1. The third-order valence-corrected chi connectivity index (χ3v) is 2.74. The Morgan fingerprint density at radius 1 is 1.38 bits per heavy atom. The molecule has 0 amide bonds. The van der Waals surface area contributed by atoms with E-state index < -0.39 is 11.7 Å². The number of hydrogen-bond donors (Lipinski definition) is 1. The molecule has 2 rings (SSSR count). The Morgan fingerprint density at radius 2 is 2.12 bits per heavy atom. The fraction of sp³-hybridized carbons (Fsp3) is 0.455. The van der Waals surface area contributed by atoms with Gasteiger partial charge in [-0.2, -0.15) is 13.2 Å². The summed E-state index contributed by atoms with van der Waals surface area (Å²) in [6, 6.07) is 3.79. The Labute approximate surface area is 91.4 Å². The molecule has 1 aromatic rings. The van der Waals surface area contributed by atoms with Crippen molar-refractivity contribution in [1.29, 1.82) is 0 Å². The molecule has 1 heterocycles. The number of hydrogen-bond acceptors (Lipinski definition) is 2. The van der Waals surface area contributed by atoms with Gasteiger partial charge in [-0.1, -0.05) is 6.07 Å². The molecular weight excluding hydrogens is 219 g/mol. The largest absolute Gasteiger partial charge is 0.416 e. The SMILES string of the molecule is CN[C@H]1COCc2cc(C(F)(F)F)ccc21. The van der Waals surface area contributed by atoms with Crippen LogP contribution in [0.15, 0.2) is 18.2 Å². The van der Waals surface area contributed by atoms with E-state index in [0.29, 0.717) is 12.2 Å². The predicted molar refractivity (Wildman–Crippen MR) is 52.9 cm³/mol. The number of benzene rings is 1. The minimum Gasteiger partial charge on any atom is -0.375 e. The van der Waals surface area contributed by atoms with E-state index in [1.54, 1.807) is 7.05 Å². The molecule has 1 N–H and O–H groups in total. The van der Waals surface area contributed by atoms with Gasteiger partial charge in [0.05, 0.1) is 24.8 Å². The Kier molecular flexibility index (Phi) is 2.90. The van der Waals surface area contributed by atoms with Crippen molar-refractivity contribution in [2.45, 2.75) is 18.8 Å². The molecule has 0 aromatic heterocycles. The van der Waals surface area contributed by atoms with Crippen molar-refractivity contribution >= 4 is 0 Å². The molecule has 5 heteroatoms. The maximum atomic E-state index is 12.5. The van der Waals surface area contributed by atoms with Crippen LogP contribution in [-0.4, -0.2) is 13.7 Å². The van der Waals surface area contributed by atoms with E-state index in [2.05, 4.69) is 5.32 Å². The highest BCUT2D eigenvalue weighted by molar-refractivity contribution is 5.36. The van der Waals surface area contributed by atoms with Crippen LogP contribution in [0.2, 0.25) is 0 Å². The Bertz CT molecular complexity index is 389. The summed E-state index contributed by atoms with van der Waals surface area (Å²) in [4.78, 5) is 0. The highest BCUT2D eigenvalue weighted by Crippen LogP contribution is 2.33. The minimum absolute atomic E-state index is 0.0222. The van der Waals surface area contributed by atoms with Gasteiger partial charge in [0.1, 0.15) is 0 Å². The van der Waals surface area contributed by atoms with Crippen molar-refractivity contribution < 1.29 is 17.9 Å². The van der Waals surface area contributed by atoms with Crippen LogP contribution >= 0.6 is 0 Å². The normalized spacial score (nSPS) is 20.6. The zero-order valence-corrected chi connectivity index (χ0v) is 8.77. The van der Waals surface area contributed by atoms with Crippen molar-refractivity contribution in [1.82, 2.24) is 5.32 Å². The van der Waals surface area contributed by atoms with Crippen LogP contribution in [0, 0.1) is 0 Å². The number of halogens is 3. The van der Waals surface area contributed by atoms with Gasteiger partial charge >= 0.3 is 6.18 Å². The van der Waals surface area contributed by atoms with Crippen LogP contribution in [-0.2, 0) is 17.5 Å². The fourth-order valence-electron chi connectivity index (χ4n) is 1.86. The first-order valence-electron chi connectivity index (χ1n) is 4.97. The average molecular weight is 231 g/mol. The summed E-state index contributed by atoms with van der Waals surface area (Å²) in [5.41, 5.74) is 0.883. The van der Waals surface area contributed by atoms with Gasteiger partial charge in [0.15, 0.2) is 0 Å². The van der Waals surface area contributed by atoms with Gasteiger partial charge in [-0.3, -0.25) is 0 Å². The molecule has 0 fully saturated rings. The Hall–Kier alpha value is -1.07. The number of nitrogens with one attached hydrogen (secondary N) is 1. The van der Waals surface area contributed by atoms with E-state index in [9.17, 15) is 13.2 Å². The maximum absolute atomic E-state index is 12.5. The molecule has 0 radical (unpaired) electrons. The minimum atomic E-state index is -4.29. The van der Waals surface area contributed by atoms with Crippen LogP contribution in [0.25, 0.3) is 0 Å². The molecule has 0 spiro atoms. The first-order chi connectivity index (χ1) is 7.52. The molecule has 2 nitrogen and oxygen atoms in total. The first-order valence-corrected chi connectivity index (χ1v) is 4.97. The van der Waals surface area contributed by atoms with Crippen LogP contribution in [0.5, 0.6) is 0 Å². The monoisotopic (exact) mass is 231 g/mol. The van der Waals surface area contributed by atoms with E-state index in [1.165, 1.54) is 12.1 Å². The zero-order chi connectivity index (χ0) is 11.8. The van der Waals surface area contributed by atoms with Crippen LogP contribution in [0.4, 0.5) is 13.2 Å². The molecular formula is C11H12F3NO. The number of rotatable bonds is 1. The van der Waals surface area contributed by atoms with Crippen molar-refractivity contribution in [2.24, 2.45) is 0 Å². The number of ether oxygens (including phenoxy) is 1. The summed E-state index contributed by atoms with van der Waals surface area (Å²) in [6.45, 7) is 0.742. The zero-order valence-electron chi connectivity index (χ0n) is 8.77. The van der Waals surface area contributed by atoms with Gasteiger partial charge in [-0.05, 0) is 30.3 Å². The van der Waals surface area contributed by atoms with Crippen LogP contribution < -0.4 is 5.32 Å². The van der Waals surface area contributed by atoms with E-state index in [0.717, 1.165) is 11.6 Å². The second-order valence-electron chi connectivity index (χ2n) is 3.77. The summed E-state index contributed by atoms with van der Waals surface area (Å²) < 4.78 is 42.7. The fourth-order valence-corrected chi connectivity index (χ4v) is 1.86. The molecule has 0 bridgehead atoms. The lowest BCUT2D eigenvalue weighted by Gasteiger charge is -2.26. The second-order valence-corrected chi connectivity index (χ2v) is 3.77. The number of alkyl halides is 3. The third-order valence-electron chi connectivity index (χ3n) is 2.74. The maximum Gasteiger partial charge on any atom is 0.416 e. The van der Waals surface area contributed by atoms with Gasteiger partial charge in [0.25, 0.3) is 0 Å². The topological polar surface area (TPSA) is 21.3 Å². The summed E-state index contributed by atoms with van der Waals surface area (Å²) in [7, 11) is 1.76. The first kappa shape index (κ1) is 11.4. The van der Waals surface area contributed by atoms with Crippen molar-refractivity contribution in [3.05, 3.63) is 34.9 Å².